The van der Waals surface area contributed by atoms with Gasteiger partial charge in [0, 0.05) is 12.4 Å². The third-order valence-corrected chi connectivity index (χ3v) is 2.40. The molecule has 0 bridgehead atoms. The Labute approximate surface area is 109 Å². The number of amides is 1. The minimum absolute atomic E-state index is 0.0408. The van der Waals surface area contributed by atoms with E-state index in [0.29, 0.717) is 5.56 Å². The fourth-order valence-electron chi connectivity index (χ4n) is 1.54. The molecule has 0 aliphatic rings. The van der Waals surface area contributed by atoms with E-state index in [1.807, 2.05) is 0 Å². The average Bonchev–Trinajstić information content (AvgIpc) is 2.40. The summed E-state index contributed by atoms with van der Waals surface area (Å²) >= 11 is 0. The average molecular weight is 261 g/mol. The molecule has 0 aliphatic carbocycles. The van der Waals surface area contributed by atoms with E-state index in [4.69, 9.17) is 4.74 Å². The van der Waals surface area contributed by atoms with Crippen LogP contribution >= 0.6 is 0 Å². The Balaban J connectivity index is 2.01. The Kier molecular flexibility index (Phi) is 4.02. The molecule has 0 fully saturated rings. The Bertz CT molecular complexity index is 575. The molecule has 1 aromatic carbocycles. The van der Waals surface area contributed by atoms with Gasteiger partial charge in [0.2, 0.25) is 11.9 Å². The SMILES string of the molecule is COc1ccc(CC(=O)Nc2ncccn2)cc1F. The first-order valence-electron chi connectivity index (χ1n) is 5.58. The van der Waals surface area contributed by atoms with E-state index in [0.717, 1.165) is 0 Å². The topological polar surface area (TPSA) is 64.1 Å². The van der Waals surface area contributed by atoms with E-state index in [9.17, 15) is 9.18 Å². The zero-order valence-electron chi connectivity index (χ0n) is 10.3. The predicted molar refractivity (Wildman–Crippen MR) is 67.3 cm³/mol. The van der Waals surface area contributed by atoms with Crippen molar-refractivity contribution in [2.45, 2.75) is 6.42 Å². The maximum Gasteiger partial charge on any atom is 0.231 e. The fourth-order valence-corrected chi connectivity index (χ4v) is 1.54. The smallest absolute Gasteiger partial charge is 0.231 e. The van der Waals surface area contributed by atoms with Gasteiger partial charge in [-0.05, 0) is 23.8 Å². The number of aromatic nitrogens is 2. The number of hydrogen-bond acceptors (Lipinski definition) is 4. The van der Waals surface area contributed by atoms with E-state index in [-0.39, 0.29) is 24.0 Å². The van der Waals surface area contributed by atoms with Gasteiger partial charge in [-0.1, -0.05) is 6.07 Å². The number of ether oxygens (including phenoxy) is 1. The lowest BCUT2D eigenvalue weighted by Crippen LogP contribution is -2.16. The van der Waals surface area contributed by atoms with Crippen molar-refractivity contribution < 1.29 is 13.9 Å². The first-order valence-corrected chi connectivity index (χ1v) is 5.58. The van der Waals surface area contributed by atoms with Gasteiger partial charge in [-0.25, -0.2) is 14.4 Å². The molecular formula is C13H12FN3O2. The van der Waals surface area contributed by atoms with E-state index >= 15 is 0 Å². The first kappa shape index (κ1) is 12.9. The van der Waals surface area contributed by atoms with Crippen LogP contribution in [0.3, 0.4) is 0 Å². The van der Waals surface area contributed by atoms with Crippen LogP contribution in [0.1, 0.15) is 5.56 Å². The van der Waals surface area contributed by atoms with Gasteiger partial charge in [0.05, 0.1) is 13.5 Å². The van der Waals surface area contributed by atoms with Crippen molar-refractivity contribution in [3.8, 4) is 5.75 Å². The molecule has 1 heterocycles. The lowest BCUT2D eigenvalue weighted by molar-refractivity contribution is -0.115. The van der Waals surface area contributed by atoms with E-state index in [1.165, 1.54) is 31.6 Å². The summed E-state index contributed by atoms with van der Waals surface area (Å²) < 4.78 is 18.3. The molecule has 1 amide bonds. The molecule has 0 saturated carbocycles. The molecule has 1 aromatic heterocycles. The van der Waals surface area contributed by atoms with Crippen molar-refractivity contribution in [1.82, 2.24) is 9.97 Å². The van der Waals surface area contributed by atoms with Crippen LogP contribution in [0.5, 0.6) is 5.75 Å². The Morgan fingerprint density at radius 2 is 2.11 bits per heavy atom. The molecule has 0 aliphatic heterocycles. The molecule has 2 rings (SSSR count). The molecule has 0 saturated heterocycles. The number of hydrogen-bond donors (Lipinski definition) is 1. The van der Waals surface area contributed by atoms with Crippen LogP contribution in [0.4, 0.5) is 10.3 Å². The van der Waals surface area contributed by atoms with Gasteiger partial charge in [-0.15, -0.1) is 0 Å². The molecule has 19 heavy (non-hydrogen) atoms. The molecule has 1 N–H and O–H groups in total. The molecule has 0 unspecified atom stereocenters. The normalized spacial score (nSPS) is 10.0. The van der Waals surface area contributed by atoms with Gasteiger partial charge in [0.1, 0.15) is 0 Å². The summed E-state index contributed by atoms with van der Waals surface area (Å²) in [4.78, 5) is 19.4. The van der Waals surface area contributed by atoms with Crippen LogP contribution in [-0.4, -0.2) is 23.0 Å². The van der Waals surface area contributed by atoms with Crippen LogP contribution < -0.4 is 10.1 Å². The van der Waals surface area contributed by atoms with Crippen LogP contribution in [0, 0.1) is 5.82 Å². The Morgan fingerprint density at radius 3 is 2.74 bits per heavy atom. The second kappa shape index (κ2) is 5.90. The van der Waals surface area contributed by atoms with E-state index in [1.54, 1.807) is 12.1 Å². The summed E-state index contributed by atoms with van der Waals surface area (Å²) in [7, 11) is 1.39. The predicted octanol–water partition coefficient (Wildman–Crippen LogP) is 1.81. The van der Waals surface area contributed by atoms with E-state index in [2.05, 4.69) is 15.3 Å². The fraction of sp³-hybridized carbons (Fsp3) is 0.154. The highest BCUT2D eigenvalue weighted by atomic mass is 19.1. The Hall–Kier alpha value is -2.50. The number of carbonyl (C=O) groups excluding carboxylic acids is 1. The lowest BCUT2D eigenvalue weighted by Gasteiger charge is -2.05. The summed E-state index contributed by atoms with van der Waals surface area (Å²) in [6, 6.07) is 6.03. The van der Waals surface area contributed by atoms with Gasteiger partial charge in [-0.2, -0.15) is 0 Å². The molecular weight excluding hydrogens is 249 g/mol. The van der Waals surface area contributed by atoms with Crippen molar-refractivity contribution in [2.24, 2.45) is 0 Å². The number of rotatable bonds is 4. The highest BCUT2D eigenvalue weighted by Gasteiger charge is 2.08. The van der Waals surface area contributed by atoms with Crippen LogP contribution in [0.25, 0.3) is 0 Å². The molecule has 0 spiro atoms. The number of halogens is 1. The number of methoxy groups -OCH3 is 1. The van der Waals surface area contributed by atoms with Crippen molar-refractivity contribution in [1.29, 1.82) is 0 Å². The molecule has 2 aromatic rings. The summed E-state index contributed by atoms with van der Waals surface area (Å²) in [5.74, 6) is -0.434. The first-order chi connectivity index (χ1) is 9.19. The van der Waals surface area contributed by atoms with Crippen molar-refractivity contribution >= 4 is 11.9 Å². The standard InChI is InChI=1S/C13H12FN3O2/c1-19-11-4-3-9(7-10(11)14)8-12(18)17-13-15-5-2-6-16-13/h2-7H,8H2,1H3,(H,15,16,17,18). The van der Waals surface area contributed by atoms with Crippen molar-refractivity contribution in [3.05, 3.63) is 48.0 Å². The van der Waals surface area contributed by atoms with Gasteiger partial charge >= 0.3 is 0 Å². The third-order valence-electron chi connectivity index (χ3n) is 2.40. The largest absolute Gasteiger partial charge is 0.494 e. The maximum absolute atomic E-state index is 13.4. The third kappa shape index (κ3) is 3.48. The van der Waals surface area contributed by atoms with E-state index < -0.39 is 5.82 Å². The van der Waals surface area contributed by atoms with Gasteiger partial charge in [-0.3, -0.25) is 10.1 Å². The van der Waals surface area contributed by atoms with Crippen LogP contribution in [0.2, 0.25) is 0 Å². The number of benzene rings is 1. The van der Waals surface area contributed by atoms with Gasteiger partial charge in [0.15, 0.2) is 11.6 Å². The monoisotopic (exact) mass is 261 g/mol. The highest BCUT2D eigenvalue weighted by Crippen LogP contribution is 2.18. The number of nitrogens with zero attached hydrogens (tertiary/aromatic N) is 2. The second-order valence-corrected chi connectivity index (χ2v) is 3.77. The van der Waals surface area contributed by atoms with Gasteiger partial charge < -0.3 is 4.74 Å². The summed E-state index contributed by atoms with van der Waals surface area (Å²) in [6.45, 7) is 0. The lowest BCUT2D eigenvalue weighted by atomic mass is 10.1. The zero-order valence-corrected chi connectivity index (χ0v) is 10.3. The number of nitrogens with one attached hydrogen (secondary N) is 1. The minimum atomic E-state index is -0.497. The quantitative estimate of drug-likeness (QED) is 0.911. The number of carbonyl (C=O) groups is 1. The summed E-state index contributed by atoms with van der Waals surface area (Å²) in [5, 5.41) is 2.52. The van der Waals surface area contributed by atoms with Crippen LogP contribution in [-0.2, 0) is 11.2 Å². The molecule has 6 heteroatoms. The summed E-state index contributed by atoms with van der Waals surface area (Å²) in [6.07, 6.45) is 3.09. The molecule has 5 nitrogen and oxygen atoms in total. The zero-order chi connectivity index (χ0) is 13.7. The van der Waals surface area contributed by atoms with Gasteiger partial charge in [0.25, 0.3) is 0 Å². The molecule has 0 atom stereocenters. The minimum Gasteiger partial charge on any atom is -0.494 e. The second-order valence-electron chi connectivity index (χ2n) is 3.77. The van der Waals surface area contributed by atoms with Crippen molar-refractivity contribution in [3.63, 3.8) is 0 Å². The number of anilines is 1. The molecule has 0 radical (unpaired) electrons. The maximum atomic E-state index is 13.4. The van der Waals surface area contributed by atoms with Crippen molar-refractivity contribution in [2.75, 3.05) is 12.4 Å². The Morgan fingerprint density at radius 1 is 1.37 bits per heavy atom. The highest BCUT2D eigenvalue weighted by molar-refractivity contribution is 5.90. The van der Waals surface area contributed by atoms with Crippen LogP contribution in [0.15, 0.2) is 36.7 Å². The summed E-state index contributed by atoms with van der Waals surface area (Å²) in [5.41, 5.74) is 0.548. The molecule has 98 valence electrons.